The maximum absolute atomic E-state index is 6.00. The first-order valence-corrected chi connectivity index (χ1v) is 15.7. The SMILES string of the molecule is Cc1cc(Cl)nc(N=C(N)Nc2ccc(Cl)c(Cl)c2)n1.Cc1cc(NC2CCOCC2)nc(N=C(N)Nc2ccc(Cl)c(Cl)c2)n1. The smallest absolute Gasteiger partial charge is 0.254 e. The second-order valence-electron chi connectivity index (χ2n) is 9.86. The van der Waals surface area contributed by atoms with E-state index in [2.05, 4.69) is 45.9 Å². The molecule has 1 saturated heterocycles. The van der Waals surface area contributed by atoms with E-state index in [0.29, 0.717) is 48.4 Å². The van der Waals surface area contributed by atoms with Crippen LogP contribution in [0.3, 0.4) is 0 Å². The van der Waals surface area contributed by atoms with E-state index in [1.54, 1.807) is 49.4 Å². The molecule has 7 N–H and O–H groups in total. The van der Waals surface area contributed by atoms with Gasteiger partial charge in [0.25, 0.3) is 11.9 Å². The summed E-state index contributed by atoms with van der Waals surface area (Å²) in [6.45, 7) is 5.19. The number of hydrogen-bond acceptors (Lipinski definition) is 8. The standard InChI is InChI=1S/C17H20Cl2N6O.C12H10Cl3N5/c1-10-8-15(22-11-4-6-26-7-5-11)24-17(21-10)25-16(20)23-12-2-3-13(18)14(19)9-12;1-6-4-10(15)19-12(17-6)20-11(16)18-7-2-3-8(13)9(14)5-7/h2-3,8-9,11H,4-7H2,1H3,(H4,20,21,22,23,24,25);2-5H,1H3,(H3,16,17,18,19,20). The maximum Gasteiger partial charge on any atom is 0.254 e. The van der Waals surface area contributed by atoms with E-state index in [1.165, 1.54) is 0 Å². The number of aromatic nitrogens is 4. The number of hydrogen-bond donors (Lipinski definition) is 5. The summed E-state index contributed by atoms with van der Waals surface area (Å²) in [5.74, 6) is 1.46. The number of guanidine groups is 2. The van der Waals surface area contributed by atoms with Crippen LogP contribution >= 0.6 is 58.0 Å². The molecule has 0 saturated carbocycles. The van der Waals surface area contributed by atoms with Gasteiger partial charge >= 0.3 is 0 Å². The first kappa shape index (κ1) is 35.2. The normalized spacial score (nSPS) is 13.9. The molecule has 46 heavy (non-hydrogen) atoms. The maximum atomic E-state index is 6.00. The predicted octanol–water partition coefficient (Wildman–Crippen LogP) is 7.54. The highest BCUT2D eigenvalue weighted by atomic mass is 35.5. The molecule has 242 valence electrons. The lowest BCUT2D eigenvalue weighted by atomic mass is 10.1. The summed E-state index contributed by atoms with van der Waals surface area (Å²) in [6, 6.07) is 14.0. The number of aliphatic imine (C=N–C) groups is 2. The minimum atomic E-state index is 0.116. The topological polar surface area (TPSA) is 174 Å². The highest BCUT2D eigenvalue weighted by molar-refractivity contribution is 6.42. The summed E-state index contributed by atoms with van der Waals surface area (Å²) in [5.41, 5.74) is 14.6. The van der Waals surface area contributed by atoms with Crippen molar-refractivity contribution in [3.05, 3.63) is 85.2 Å². The third kappa shape index (κ3) is 11.3. The predicted molar refractivity (Wildman–Crippen MR) is 189 cm³/mol. The summed E-state index contributed by atoms with van der Waals surface area (Å²) in [4.78, 5) is 25.0. The molecule has 4 aromatic rings. The lowest BCUT2D eigenvalue weighted by Crippen LogP contribution is -2.28. The van der Waals surface area contributed by atoms with Gasteiger partial charge in [-0.1, -0.05) is 58.0 Å². The molecule has 2 aromatic carbocycles. The van der Waals surface area contributed by atoms with Gasteiger partial charge in [0.05, 0.1) is 20.1 Å². The van der Waals surface area contributed by atoms with Crippen LogP contribution in [-0.2, 0) is 4.74 Å². The Kier molecular flexibility index (Phi) is 12.8. The molecule has 0 bridgehead atoms. The van der Waals surface area contributed by atoms with Crippen LogP contribution in [0.5, 0.6) is 0 Å². The average Bonchev–Trinajstić information content (AvgIpc) is 2.97. The number of rotatable bonds is 6. The Morgan fingerprint density at radius 3 is 1.70 bits per heavy atom. The number of nitrogens with two attached hydrogens (primary N) is 2. The van der Waals surface area contributed by atoms with E-state index in [-0.39, 0.29) is 23.8 Å². The summed E-state index contributed by atoms with van der Waals surface area (Å²) in [7, 11) is 0. The average molecular weight is 726 g/mol. The Bertz CT molecular complexity index is 1710. The fourth-order valence-electron chi connectivity index (χ4n) is 4.01. The molecule has 5 rings (SSSR count). The number of ether oxygens (including phenoxy) is 1. The van der Waals surface area contributed by atoms with Gasteiger partial charge in [-0.3, -0.25) is 0 Å². The van der Waals surface area contributed by atoms with Crippen molar-refractivity contribution in [1.82, 2.24) is 19.9 Å². The molecule has 0 radical (unpaired) electrons. The quantitative estimate of drug-likeness (QED) is 0.0759. The number of benzene rings is 2. The second kappa shape index (κ2) is 16.8. The third-order valence-electron chi connectivity index (χ3n) is 6.05. The van der Waals surface area contributed by atoms with Gasteiger partial charge in [-0.2, -0.15) is 20.0 Å². The molecule has 3 heterocycles. The largest absolute Gasteiger partial charge is 0.381 e. The van der Waals surface area contributed by atoms with Gasteiger partial charge in [-0.05, 0) is 69.2 Å². The molecule has 2 aromatic heterocycles. The van der Waals surface area contributed by atoms with Crippen molar-refractivity contribution in [3.63, 3.8) is 0 Å². The van der Waals surface area contributed by atoms with Crippen molar-refractivity contribution in [1.29, 1.82) is 0 Å². The molecule has 17 heteroatoms. The molecule has 0 spiro atoms. The van der Waals surface area contributed by atoms with Crippen molar-refractivity contribution >= 4 is 99.0 Å². The molecular weight excluding hydrogens is 696 g/mol. The minimum Gasteiger partial charge on any atom is -0.381 e. The van der Waals surface area contributed by atoms with Crippen LogP contribution in [0.15, 0.2) is 58.5 Å². The highest BCUT2D eigenvalue weighted by Crippen LogP contribution is 2.26. The first-order chi connectivity index (χ1) is 21.9. The van der Waals surface area contributed by atoms with Gasteiger partial charge in [-0.15, -0.1) is 0 Å². The first-order valence-electron chi connectivity index (χ1n) is 13.8. The van der Waals surface area contributed by atoms with E-state index < -0.39 is 0 Å². The highest BCUT2D eigenvalue weighted by Gasteiger charge is 2.15. The van der Waals surface area contributed by atoms with E-state index in [1.807, 2.05) is 13.0 Å². The van der Waals surface area contributed by atoms with Crippen molar-refractivity contribution in [2.75, 3.05) is 29.2 Å². The molecule has 1 aliphatic rings. The Morgan fingerprint density at radius 1 is 0.696 bits per heavy atom. The fraction of sp³-hybridized carbons (Fsp3) is 0.241. The zero-order valence-electron chi connectivity index (χ0n) is 24.7. The Morgan fingerprint density at radius 2 is 1.20 bits per heavy atom. The third-order valence-corrected chi connectivity index (χ3v) is 7.72. The number of halogens is 5. The number of nitrogens with zero attached hydrogens (tertiary/aromatic N) is 6. The van der Waals surface area contributed by atoms with Crippen molar-refractivity contribution < 1.29 is 4.74 Å². The van der Waals surface area contributed by atoms with Crippen LogP contribution < -0.4 is 27.4 Å². The summed E-state index contributed by atoms with van der Waals surface area (Å²) >= 11 is 29.5. The molecule has 12 nitrogen and oxygen atoms in total. The number of nitrogens with one attached hydrogen (secondary N) is 3. The molecule has 1 aliphatic heterocycles. The zero-order chi connectivity index (χ0) is 33.2. The van der Waals surface area contributed by atoms with Crippen LogP contribution in [0, 0.1) is 13.8 Å². The fourth-order valence-corrected chi connectivity index (χ4v) is 4.84. The van der Waals surface area contributed by atoms with Gasteiger partial charge in [0.1, 0.15) is 11.0 Å². The van der Waals surface area contributed by atoms with Gasteiger partial charge < -0.3 is 32.2 Å². The Labute approximate surface area is 291 Å². The Balaban J connectivity index is 0.000000216. The van der Waals surface area contributed by atoms with E-state index in [4.69, 9.17) is 74.2 Å². The van der Waals surface area contributed by atoms with E-state index in [0.717, 1.165) is 37.6 Å². The monoisotopic (exact) mass is 723 g/mol. The number of aryl methyl sites for hydroxylation is 2. The number of anilines is 3. The molecular formula is C29H30Cl5N11O. The molecule has 1 fully saturated rings. The van der Waals surface area contributed by atoms with Gasteiger partial charge in [0.2, 0.25) is 11.9 Å². The zero-order valence-corrected chi connectivity index (χ0v) is 28.4. The van der Waals surface area contributed by atoms with E-state index >= 15 is 0 Å². The van der Waals surface area contributed by atoms with Crippen LogP contribution in [0.4, 0.5) is 29.1 Å². The molecule has 0 unspecified atom stereocenters. The van der Waals surface area contributed by atoms with Gasteiger partial charge in [0.15, 0.2) is 0 Å². The van der Waals surface area contributed by atoms with Crippen LogP contribution in [0.1, 0.15) is 24.2 Å². The van der Waals surface area contributed by atoms with Crippen LogP contribution in [0.25, 0.3) is 0 Å². The van der Waals surface area contributed by atoms with Crippen LogP contribution in [-0.4, -0.2) is 51.1 Å². The second-order valence-corrected chi connectivity index (χ2v) is 11.9. The van der Waals surface area contributed by atoms with Gasteiger partial charge in [-0.25, -0.2) is 9.97 Å². The molecule has 0 aliphatic carbocycles. The van der Waals surface area contributed by atoms with Crippen molar-refractivity contribution in [2.24, 2.45) is 21.5 Å². The van der Waals surface area contributed by atoms with Gasteiger partial charge in [0, 0.05) is 48.1 Å². The van der Waals surface area contributed by atoms with Crippen molar-refractivity contribution in [2.45, 2.75) is 32.7 Å². The lowest BCUT2D eigenvalue weighted by molar-refractivity contribution is 0.0904. The van der Waals surface area contributed by atoms with Crippen molar-refractivity contribution in [3.8, 4) is 0 Å². The summed E-state index contributed by atoms with van der Waals surface area (Å²) in [6.07, 6.45) is 1.89. The van der Waals surface area contributed by atoms with E-state index in [9.17, 15) is 0 Å². The van der Waals surface area contributed by atoms with Crippen LogP contribution in [0.2, 0.25) is 25.2 Å². The lowest BCUT2D eigenvalue weighted by Gasteiger charge is -2.23. The Hall–Kier alpha value is -3.65. The minimum absolute atomic E-state index is 0.116. The molecule has 0 amide bonds. The molecule has 0 atom stereocenters. The summed E-state index contributed by atoms with van der Waals surface area (Å²) < 4.78 is 5.37. The summed E-state index contributed by atoms with van der Waals surface area (Å²) in [5, 5.41) is 11.3.